The quantitative estimate of drug-likeness (QED) is 0.696. The molecule has 1 rings (SSSR count). The fourth-order valence-electron chi connectivity index (χ4n) is 2.67. The van der Waals surface area contributed by atoms with Gasteiger partial charge in [0, 0.05) is 32.5 Å². The fraction of sp³-hybridized carbons (Fsp3) is 0.867. The van der Waals surface area contributed by atoms with Gasteiger partial charge in [-0.15, -0.1) is 0 Å². The van der Waals surface area contributed by atoms with E-state index in [1.807, 2.05) is 0 Å². The summed E-state index contributed by atoms with van der Waals surface area (Å²) >= 11 is 0. The Balaban J connectivity index is 2.21. The van der Waals surface area contributed by atoms with Crippen LogP contribution in [0.25, 0.3) is 0 Å². The summed E-state index contributed by atoms with van der Waals surface area (Å²) < 4.78 is 4.85. The summed E-state index contributed by atoms with van der Waals surface area (Å²) in [5, 5.41) is 5.79. The standard InChI is InChI=1S/C15H28N2O3/c1-11-5-4-6-13(12(11)2)17-15(19)8-7-14(18)16-9-10-20-3/h11-13H,4-10H2,1-3H3,(H,16,18)(H,17,19)/t11-,12+,13-/m1/s1. The molecule has 0 aliphatic heterocycles. The second kappa shape index (κ2) is 8.95. The number of hydrogen-bond donors (Lipinski definition) is 2. The van der Waals surface area contributed by atoms with Crippen molar-refractivity contribution < 1.29 is 14.3 Å². The van der Waals surface area contributed by atoms with Gasteiger partial charge in [0.1, 0.15) is 0 Å². The van der Waals surface area contributed by atoms with Crippen LogP contribution in [0, 0.1) is 11.8 Å². The second-order valence-corrected chi connectivity index (χ2v) is 5.78. The second-order valence-electron chi connectivity index (χ2n) is 5.78. The zero-order chi connectivity index (χ0) is 15.0. The maximum atomic E-state index is 11.9. The maximum absolute atomic E-state index is 11.9. The molecular formula is C15H28N2O3. The molecule has 0 aromatic carbocycles. The predicted molar refractivity (Wildman–Crippen MR) is 78.2 cm³/mol. The Morgan fingerprint density at radius 3 is 2.55 bits per heavy atom. The number of amides is 2. The van der Waals surface area contributed by atoms with Gasteiger partial charge in [0.05, 0.1) is 6.61 Å². The lowest BCUT2D eigenvalue weighted by Gasteiger charge is -2.34. The van der Waals surface area contributed by atoms with Crippen LogP contribution in [-0.4, -0.2) is 38.1 Å². The average molecular weight is 284 g/mol. The lowest BCUT2D eigenvalue weighted by atomic mass is 9.78. The number of methoxy groups -OCH3 is 1. The molecule has 0 heterocycles. The summed E-state index contributed by atoms with van der Waals surface area (Å²) in [5.74, 6) is 1.06. The first-order valence-electron chi connectivity index (χ1n) is 7.59. The predicted octanol–water partition coefficient (Wildman–Crippen LogP) is 1.47. The highest BCUT2D eigenvalue weighted by Gasteiger charge is 2.27. The molecule has 1 saturated carbocycles. The minimum atomic E-state index is -0.0951. The van der Waals surface area contributed by atoms with Crippen molar-refractivity contribution in [3.05, 3.63) is 0 Å². The first-order chi connectivity index (χ1) is 9.54. The van der Waals surface area contributed by atoms with Crippen molar-refractivity contribution in [3.63, 3.8) is 0 Å². The Kier molecular flexibility index (Phi) is 7.59. The summed E-state index contributed by atoms with van der Waals surface area (Å²) in [6, 6.07) is 0.266. The molecule has 1 aliphatic carbocycles. The fourth-order valence-corrected chi connectivity index (χ4v) is 2.67. The van der Waals surface area contributed by atoms with Gasteiger partial charge in [-0.2, -0.15) is 0 Å². The normalized spacial score (nSPS) is 26.1. The molecule has 2 N–H and O–H groups in total. The Morgan fingerprint density at radius 2 is 1.85 bits per heavy atom. The van der Waals surface area contributed by atoms with Crippen LogP contribution in [0.4, 0.5) is 0 Å². The van der Waals surface area contributed by atoms with Gasteiger partial charge in [-0.3, -0.25) is 9.59 Å². The van der Waals surface area contributed by atoms with E-state index in [4.69, 9.17) is 4.74 Å². The molecule has 0 aromatic heterocycles. The first kappa shape index (κ1) is 17.0. The minimum Gasteiger partial charge on any atom is -0.383 e. The van der Waals surface area contributed by atoms with Crippen LogP contribution in [0.3, 0.4) is 0 Å². The highest BCUT2D eigenvalue weighted by molar-refractivity contribution is 5.83. The molecule has 0 spiro atoms. The van der Waals surface area contributed by atoms with E-state index in [0.29, 0.717) is 25.0 Å². The highest BCUT2D eigenvalue weighted by atomic mass is 16.5. The molecule has 5 nitrogen and oxygen atoms in total. The van der Waals surface area contributed by atoms with E-state index >= 15 is 0 Å². The molecule has 2 amide bonds. The van der Waals surface area contributed by atoms with E-state index in [0.717, 1.165) is 6.42 Å². The smallest absolute Gasteiger partial charge is 0.220 e. The maximum Gasteiger partial charge on any atom is 0.220 e. The van der Waals surface area contributed by atoms with Gasteiger partial charge in [-0.05, 0) is 18.3 Å². The SMILES string of the molecule is COCCNC(=O)CCC(=O)N[C@@H]1CCC[C@@H](C)[C@@H]1C. The van der Waals surface area contributed by atoms with Gasteiger partial charge >= 0.3 is 0 Å². The monoisotopic (exact) mass is 284 g/mol. The van der Waals surface area contributed by atoms with Crippen molar-refractivity contribution in [2.75, 3.05) is 20.3 Å². The Bertz CT molecular complexity index is 320. The number of rotatable bonds is 7. The lowest BCUT2D eigenvalue weighted by molar-refractivity contribution is -0.127. The van der Waals surface area contributed by atoms with Crippen molar-refractivity contribution in [3.8, 4) is 0 Å². The Hall–Kier alpha value is -1.10. The third kappa shape index (κ3) is 5.90. The number of ether oxygens (including phenoxy) is 1. The van der Waals surface area contributed by atoms with Crippen molar-refractivity contribution in [2.24, 2.45) is 11.8 Å². The van der Waals surface area contributed by atoms with Gasteiger partial charge in [-0.25, -0.2) is 0 Å². The molecule has 0 radical (unpaired) electrons. The Labute approximate surface area is 121 Å². The van der Waals surface area contributed by atoms with Crippen LogP contribution < -0.4 is 10.6 Å². The molecule has 20 heavy (non-hydrogen) atoms. The zero-order valence-electron chi connectivity index (χ0n) is 12.9. The zero-order valence-corrected chi connectivity index (χ0v) is 12.9. The molecule has 0 aromatic rings. The molecule has 116 valence electrons. The Morgan fingerprint density at radius 1 is 1.15 bits per heavy atom. The van der Waals surface area contributed by atoms with Crippen LogP contribution in [0.5, 0.6) is 0 Å². The van der Waals surface area contributed by atoms with Crippen molar-refractivity contribution in [1.82, 2.24) is 10.6 Å². The molecule has 5 heteroatoms. The molecule has 0 unspecified atom stereocenters. The van der Waals surface area contributed by atoms with E-state index in [2.05, 4.69) is 24.5 Å². The van der Waals surface area contributed by atoms with Crippen LogP contribution in [0.15, 0.2) is 0 Å². The molecule has 1 fully saturated rings. The highest BCUT2D eigenvalue weighted by Crippen LogP contribution is 2.29. The van der Waals surface area contributed by atoms with E-state index in [1.54, 1.807) is 7.11 Å². The molecule has 1 aliphatic rings. The van der Waals surface area contributed by atoms with Gasteiger partial charge in [-0.1, -0.05) is 26.7 Å². The van der Waals surface area contributed by atoms with Crippen LogP contribution in [0.1, 0.15) is 46.0 Å². The molecule has 3 atom stereocenters. The van der Waals surface area contributed by atoms with Crippen LogP contribution in [-0.2, 0) is 14.3 Å². The van der Waals surface area contributed by atoms with Gasteiger partial charge in [0.15, 0.2) is 0 Å². The summed E-state index contributed by atoms with van der Waals surface area (Å²) in [7, 11) is 1.59. The summed E-state index contributed by atoms with van der Waals surface area (Å²) in [4.78, 5) is 23.4. The molecular weight excluding hydrogens is 256 g/mol. The molecule has 0 bridgehead atoms. The van der Waals surface area contributed by atoms with Crippen LogP contribution >= 0.6 is 0 Å². The van der Waals surface area contributed by atoms with Crippen molar-refractivity contribution in [1.29, 1.82) is 0 Å². The van der Waals surface area contributed by atoms with Crippen molar-refractivity contribution in [2.45, 2.75) is 52.0 Å². The van der Waals surface area contributed by atoms with E-state index in [1.165, 1.54) is 12.8 Å². The van der Waals surface area contributed by atoms with Crippen molar-refractivity contribution >= 4 is 11.8 Å². The van der Waals surface area contributed by atoms with Gasteiger partial charge in [0.25, 0.3) is 0 Å². The topological polar surface area (TPSA) is 67.4 Å². The number of carbonyl (C=O) groups is 2. The van der Waals surface area contributed by atoms with Crippen LogP contribution in [0.2, 0.25) is 0 Å². The van der Waals surface area contributed by atoms with E-state index in [-0.39, 0.29) is 30.7 Å². The third-order valence-electron chi connectivity index (χ3n) is 4.26. The number of nitrogens with one attached hydrogen (secondary N) is 2. The summed E-state index contributed by atoms with van der Waals surface area (Å²) in [5.41, 5.74) is 0. The van der Waals surface area contributed by atoms with E-state index in [9.17, 15) is 9.59 Å². The van der Waals surface area contributed by atoms with Gasteiger partial charge in [0.2, 0.25) is 11.8 Å². The van der Waals surface area contributed by atoms with E-state index < -0.39 is 0 Å². The largest absolute Gasteiger partial charge is 0.383 e. The minimum absolute atomic E-state index is 0.0159. The number of carbonyl (C=O) groups excluding carboxylic acids is 2. The summed E-state index contributed by atoms with van der Waals surface area (Å²) in [6.45, 7) is 5.43. The number of hydrogen-bond acceptors (Lipinski definition) is 3. The molecule has 0 saturated heterocycles. The third-order valence-corrected chi connectivity index (χ3v) is 4.26. The first-order valence-corrected chi connectivity index (χ1v) is 7.59. The average Bonchev–Trinajstić information content (AvgIpc) is 2.42. The summed E-state index contributed by atoms with van der Waals surface area (Å²) in [6.07, 6.45) is 3.98. The van der Waals surface area contributed by atoms with Gasteiger partial charge < -0.3 is 15.4 Å². The lowest BCUT2D eigenvalue weighted by Crippen LogP contribution is -2.44.